The van der Waals surface area contributed by atoms with E-state index < -0.39 is 17.8 Å². The fraction of sp³-hybridized carbons (Fsp3) is 0.100. The molecule has 2 rings (SSSR count). The summed E-state index contributed by atoms with van der Waals surface area (Å²) in [6.07, 6.45) is 0. The first-order valence-corrected chi connectivity index (χ1v) is 4.20. The first-order valence-electron chi connectivity index (χ1n) is 4.20. The van der Waals surface area contributed by atoms with Crippen LogP contribution in [0.4, 0.5) is 0 Å². The van der Waals surface area contributed by atoms with Gasteiger partial charge in [-0.25, -0.2) is 0 Å². The number of amides is 2. The third-order valence-corrected chi connectivity index (χ3v) is 2.33. The predicted molar refractivity (Wildman–Crippen MR) is 47.2 cm³/mol. The Balaban J connectivity index is 2.61. The number of imide groups is 1. The summed E-state index contributed by atoms with van der Waals surface area (Å²) in [7, 11) is 1.35. The number of carboxylic acid groups (broad SMARTS) is 1. The van der Waals surface area contributed by atoms with Gasteiger partial charge in [-0.2, -0.15) is 0 Å². The predicted octanol–water partition coefficient (Wildman–Crippen LogP) is -0.724. The van der Waals surface area contributed by atoms with E-state index in [0.717, 1.165) is 11.0 Å². The van der Waals surface area contributed by atoms with Crippen molar-refractivity contribution in [1.82, 2.24) is 4.90 Å². The molecule has 0 bridgehead atoms. The fourth-order valence-electron chi connectivity index (χ4n) is 1.49. The van der Waals surface area contributed by atoms with Gasteiger partial charge in [-0.3, -0.25) is 14.5 Å². The summed E-state index contributed by atoms with van der Waals surface area (Å²) in [5.41, 5.74) is 0.238. The Morgan fingerprint density at radius 2 is 1.80 bits per heavy atom. The van der Waals surface area contributed by atoms with E-state index in [-0.39, 0.29) is 16.7 Å². The number of hydrogen-bond acceptors (Lipinski definition) is 4. The van der Waals surface area contributed by atoms with E-state index in [2.05, 4.69) is 0 Å². The highest BCUT2D eigenvalue weighted by Gasteiger charge is 2.32. The van der Waals surface area contributed by atoms with E-state index in [9.17, 15) is 19.5 Å². The van der Waals surface area contributed by atoms with Crippen LogP contribution in [0.1, 0.15) is 31.1 Å². The van der Waals surface area contributed by atoms with Gasteiger partial charge >= 0.3 is 0 Å². The number of rotatable bonds is 1. The molecule has 0 aromatic heterocycles. The molecule has 0 atom stereocenters. The third kappa shape index (κ3) is 1.20. The Bertz CT molecular complexity index is 492. The Kier molecular flexibility index (Phi) is 1.82. The zero-order chi connectivity index (χ0) is 11.2. The molecule has 0 saturated carbocycles. The summed E-state index contributed by atoms with van der Waals surface area (Å²) < 4.78 is 0. The van der Waals surface area contributed by atoms with Crippen molar-refractivity contribution in [3.63, 3.8) is 0 Å². The van der Waals surface area contributed by atoms with E-state index >= 15 is 0 Å². The third-order valence-electron chi connectivity index (χ3n) is 2.33. The van der Waals surface area contributed by atoms with Crippen molar-refractivity contribution in [1.29, 1.82) is 0 Å². The van der Waals surface area contributed by atoms with Gasteiger partial charge in [0.1, 0.15) is 0 Å². The SMILES string of the molecule is CN1C(=O)c2ccc(C(=O)[O-])cc2C1=O. The van der Waals surface area contributed by atoms with Gasteiger partial charge in [0.25, 0.3) is 11.8 Å². The van der Waals surface area contributed by atoms with Crippen LogP contribution >= 0.6 is 0 Å². The number of fused-ring (bicyclic) bond motifs is 1. The van der Waals surface area contributed by atoms with Gasteiger partial charge in [0.05, 0.1) is 17.1 Å². The van der Waals surface area contributed by atoms with E-state index in [1.54, 1.807) is 0 Å². The number of nitrogens with zero attached hydrogens (tertiary/aromatic N) is 1. The molecular weight excluding hydrogens is 198 g/mol. The second kappa shape index (κ2) is 2.91. The summed E-state index contributed by atoms with van der Waals surface area (Å²) in [5, 5.41) is 10.5. The first kappa shape index (κ1) is 9.39. The minimum Gasteiger partial charge on any atom is -0.545 e. The topological polar surface area (TPSA) is 77.5 Å². The number of hydrogen-bond donors (Lipinski definition) is 0. The van der Waals surface area contributed by atoms with Crippen LogP contribution in [0, 0.1) is 0 Å². The maximum atomic E-state index is 11.5. The normalized spacial score (nSPS) is 14.3. The van der Waals surface area contributed by atoms with Gasteiger partial charge in [-0.1, -0.05) is 6.07 Å². The average Bonchev–Trinajstić information content (AvgIpc) is 2.44. The molecule has 0 fully saturated rings. The van der Waals surface area contributed by atoms with Crippen molar-refractivity contribution < 1.29 is 19.5 Å². The molecule has 76 valence electrons. The van der Waals surface area contributed by atoms with Gasteiger partial charge in [0, 0.05) is 7.05 Å². The highest BCUT2D eigenvalue weighted by atomic mass is 16.4. The lowest BCUT2D eigenvalue weighted by Crippen LogP contribution is -2.24. The monoisotopic (exact) mass is 204 g/mol. The minimum absolute atomic E-state index is 0.106. The van der Waals surface area contributed by atoms with Crippen LogP contribution in [-0.4, -0.2) is 29.7 Å². The van der Waals surface area contributed by atoms with Crippen molar-refractivity contribution in [2.24, 2.45) is 0 Å². The Morgan fingerprint density at radius 1 is 1.20 bits per heavy atom. The summed E-state index contributed by atoms with van der Waals surface area (Å²) in [4.78, 5) is 34.4. The highest BCUT2D eigenvalue weighted by Crippen LogP contribution is 2.22. The molecule has 0 saturated heterocycles. The van der Waals surface area contributed by atoms with Crippen molar-refractivity contribution in [3.8, 4) is 0 Å². The number of carboxylic acids is 1. The number of carbonyl (C=O) groups is 3. The molecule has 5 heteroatoms. The Labute approximate surface area is 84.9 Å². The molecule has 0 N–H and O–H groups in total. The zero-order valence-corrected chi connectivity index (χ0v) is 7.81. The van der Waals surface area contributed by atoms with E-state index in [1.807, 2.05) is 0 Å². The molecule has 1 heterocycles. The molecule has 15 heavy (non-hydrogen) atoms. The Morgan fingerprint density at radius 3 is 2.40 bits per heavy atom. The van der Waals surface area contributed by atoms with Gasteiger partial charge < -0.3 is 9.90 Å². The fourth-order valence-corrected chi connectivity index (χ4v) is 1.49. The molecule has 1 aromatic carbocycles. The van der Waals surface area contributed by atoms with Gasteiger partial charge in [-0.15, -0.1) is 0 Å². The smallest absolute Gasteiger partial charge is 0.261 e. The van der Waals surface area contributed by atoms with E-state index in [1.165, 1.54) is 19.2 Å². The summed E-state index contributed by atoms with van der Waals surface area (Å²) >= 11 is 0. The van der Waals surface area contributed by atoms with Gasteiger partial charge in [0.15, 0.2) is 0 Å². The van der Waals surface area contributed by atoms with Crippen molar-refractivity contribution >= 4 is 17.8 Å². The van der Waals surface area contributed by atoms with E-state index in [0.29, 0.717) is 0 Å². The van der Waals surface area contributed by atoms with Crippen molar-refractivity contribution in [2.75, 3.05) is 7.05 Å². The largest absolute Gasteiger partial charge is 0.545 e. The zero-order valence-electron chi connectivity index (χ0n) is 7.81. The Hall–Kier alpha value is -2.17. The summed E-state index contributed by atoms with van der Waals surface area (Å²) in [6, 6.07) is 3.73. The molecular formula is C10H6NO4-. The van der Waals surface area contributed by atoms with Crippen LogP contribution in [0.3, 0.4) is 0 Å². The molecule has 1 aliphatic heterocycles. The number of carbonyl (C=O) groups excluding carboxylic acids is 3. The maximum absolute atomic E-state index is 11.5. The molecule has 0 spiro atoms. The average molecular weight is 204 g/mol. The first-order chi connectivity index (χ1) is 7.02. The number of benzene rings is 1. The van der Waals surface area contributed by atoms with Crippen LogP contribution in [-0.2, 0) is 0 Å². The van der Waals surface area contributed by atoms with Crippen LogP contribution < -0.4 is 5.11 Å². The van der Waals surface area contributed by atoms with Crippen molar-refractivity contribution in [2.45, 2.75) is 0 Å². The van der Waals surface area contributed by atoms with Gasteiger partial charge in [-0.05, 0) is 17.7 Å². The maximum Gasteiger partial charge on any atom is 0.261 e. The van der Waals surface area contributed by atoms with E-state index in [4.69, 9.17) is 0 Å². The van der Waals surface area contributed by atoms with Crippen LogP contribution in [0.25, 0.3) is 0 Å². The van der Waals surface area contributed by atoms with Crippen LogP contribution in [0.5, 0.6) is 0 Å². The number of aromatic carboxylic acids is 1. The molecule has 0 radical (unpaired) electrons. The minimum atomic E-state index is -1.37. The lowest BCUT2D eigenvalue weighted by atomic mass is 10.1. The second-order valence-electron chi connectivity index (χ2n) is 3.22. The molecule has 1 aliphatic rings. The van der Waals surface area contributed by atoms with Crippen molar-refractivity contribution in [3.05, 3.63) is 34.9 Å². The molecule has 1 aromatic rings. The second-order valence-corrected chi connectivity index (χ2v) is 3.22. The van der Waals surface area contributed by atoms with Crippen LogP contribution in [0.15, 0.2) is 18.2 Å². The molecule has 0 aliphatic carbocycles. The molecule has 0 unspecified atom stereocenters. The summed E-state index contributed by atoms with van der Waals surface area (Å²) in [6.45, 7) is 0. The summed E-state index contributed by atoms with van der Waals surface area (Å²) in [5.74, 6) is -2.27. The standard InChI is InChI=1S/C10H7NO4/c1-11-8(12)6-3-2-5(10(14)15)4-7(6)9(11)13/h2-4H,1H3,(H,14,15)/p-1. The molecule has 2 amide bonds. The lowest BCUT2D eigenvalue weighted by Gasteiger charge is -2.03. The quantitative estimate of drug-likeness (QED) is 0.565. The molecule has 5 nitrogen and oxygen atoms in total. The van der Waals surface area contributed by atoms with Gasteiger partial charge in [0.2, 0.25) is 0 Å². The highest BCUT2D eigenvalue weighted by molar-refractivity contribution is 6.21. The lowest BCUT2D eigenvalue weighted by molar-refractivity contribution is -0.255. The van der Waals surface area contributed by atoms with Crippen LogP contribution in [0.2, 0.25) is 0 Å².